The van der Waals surface area contributed by atoms with Crippen LogP contribution in [-0.4, -0.2) is 54.2 Å². The Balaban J connectivity index is 1.55. The molecule has 0 spiro atoms. The Hall–Kier alpha value is -2.22. The molecule has 2 N–H and O–H groups in total. The van der Waals surface area contributed by atoms with Crippen LogP contribution in [0.2, 0.25) is 0 Å². The van der Waals surface area contributed by atoms with Gasteiger partial charge in [0.15, 0.2) is 0 Å². The first-order valence-electron chi connectivity index (χ1n) is 9.00. The number of nitrogens with one attached hydrogen (secondary N) is 1. The number of piperidine rings is 1. The number of β-amino-alcohol motifs (C(OH)–C–C–N with tert-alkyl or cyclic N) is 1. The Morgan fingerprint density at radius 1 is 1.32 bits per heavy atom. The molecule has 1 saturated heterocycles. The van der Waals surface area contributed by atoms with Crippen LogP contribution in [0.3, 0.4) is 0 Å². The van der Waals surface area contributed by atoms with Gasteiger partial charge in [0.25, 0.3) is 5.91 Å². The van der Waals surface area contributed by atoms with E-state index in [1.165, 1.54) is 19.0 Å². The summed E-state index contributed by atoms with van der Waals surface area (Å²) in [5.74, 6) is -0.0663. The van der Waals surface area contributed by atoms with Gasteiger partial charge in [0.05, 0.1) is 30.5 Å². The molecule has 1 saturated carbocycles. The number of aliphatic hydroxyl groups is 1. The number of hydrogen-bond acceptors (Lipinski definition) is 5. The highest BCUT2D eigenvalue weighted by molar-refractivity contribution is 5.95. The van der Waals surface area contributed by atoms with Crippen molar-refractivity contribution in [2.75, 3.05) is 13.1 Å². The van der Waals surface area contributed by atoms with Gasteiger partial charge >= 0.3 is 0 Å². The van der Waals surface area contributed by atoms with Crippen LogP contribution in [0.15, 0.2) is 12.4 Å². The van der Waals surface area contributed by atoms with E-state index in [1.807, 2.05) is 11.6 Å². The second-order valence-corrected chi connectivity index (χ2v) is 7.24. The smallest absolute Gasteiger partial charge is 0.257 e. The lowest BCUT2D eigenvalue weighted by molar-refractivity contribution is -0.0320. The van der Waals surface area contributed by atoms with Crippen LogP contribution < -0.4 is 0 Å². The van der Waals surface area contributed by atoms with Crippen molar-refractivity contribution >= 4 is 5.91 Å². The van der Waals surface area contributed by atoms with Crippen molar-refractivity contribution < 1.29 is 9.90 Å². The number of carbonyl (C=O) groups is 1. The summed E-state index contributed by atoms with van der Waals surface area (Å²) in [6, 6.07) is 0.412. The molecule has 2 aromatic heterocycles. The van der Waals surface area contributed by atoms with Gasteiger partial charge in [0.1, 0.15) is 11.3 Å². The van der Waals surface area contributed by atoms with Crippen LogP contribution in [0.1, 0.15) is 66.3 Å². The van der Waals surface area contributed by atoms with Crippen molar-refractivity contribution in [3.8, 4) is 0 Å². The first-order valence-corrected chi connectivity index (χ1v) is 9.00. The van der Waals surface area contributed by atoms with E-state index in [4.69, 9.17) is 0 Å². The number of aromatic nitrogens is 5. The fourth-order valence-electron chi connectivity index (χ4n) is 4.17. The molecule has 25 heavy (non-hydrogen) atoms. The number of likely N-dealkylation sites (tertiary alicyclic amines) is 1. The Morgan fingerprint density at radius 3 is 2.84 bits per heavy atom. The molecule has 0 aromatic carbocycles. The first-order chi connectivity index (χ1) is 12.1. The molecule has 8 nitrogen and oxygen atoms in total. The zero-order chi connectivity index (χ0) is 17.4. The minimum atomic E-state index is -1.14. The summed E-state index contributed by atoms with van der Waals surface area (Å²) >= 11 is 0. The maximum atomic E-state index is 13.0. The predicted octanol–water partition coefficient (Wildman–Crippen LogP) is 1.55. The molecule has 0 radical (unpaired) electrons. The number of H-pyrrole nitrogens is 1. The summed E-state index contributed by atoms with van der Waals surface area (Å²) in [6.07, 6.45) is 9.22. The Labute approximate surface area is 146 Å². The molecule has 1 atom stereocenters. The summed E-state index contributed by atoms with van der Waals surface area (Å²) in [5.41, 5.74) is 0.906. The van der Waals surface area contributed by atoms with Gasteiger partial charge in [-0.1, -0.05) is 12.8 Å². The average Bonchev–Trinajstić information content (AvgIpc) is 3.36. The van der Waals surface area contributed by atoms with Gasteiger partial charge in [-0.15, -0.1) is 0 Å². The number of nitrogens with zero attached hydrogens (tertiary/aromatic N) is 5. The van der Waals surface area contributed by atoms with Crippen molar-refractivity contribution in [2.24, 2.45) is 0 Å². The van der Waals surface area contributed by atoms with E-state index in [9.17, 15) is 9.90 Å². The molecule has 2 aliphatic rings. The zero-order valence-electron chi connectivity index (χ0n) is 14.5. The van der Waals surface area contributed by atoms with Gasteiger partial charge in [-0.05, 0) is 32.6 Å². The minimum absolute atomic E-state index is 0.0663. The minimum Gasteiger partial charge on any atom is -0.382 e. The zero-order valence-corrected chi connectivity index (χ0v) is 14.5. The average molecular weight is 344 g/mol. The fraction of sp³-hybridized carbons (Fsp3) is 0.647. The van der Waals surface area contributed by atoms with E-state index in [1.54, 1.807) is 11.1 Å². The largest absolute Gasteiger partial charge is 0.382 e. The van der Waals surface area contributed by atoms with E-state index >= 15 is 0 Å². The molecular formula is C17H24N6O2. The van der Waals surface area contributed by atoms with E-state index in [-0.39, 0.29) is 12.5 Å². The SMILES string of the molecule is Cc1c(C(=O)N2CCC[C@](O)(c3cn[nH]n3)C2)cnn1C1CCCC1. The third kappa shape index (κ3) is 2.84. The van der Waals surface area contributed by atoms with Gasteiger partial charge < -0.3 is 10.0 Å². The summed E-state index contributed by atoms with van der Waals surface area (Å²) < 4.78 is 2.01. The monoisotopic (exact) mass is 344 g/mol. The molecule has 134 valence electrons. The van der Waals surface area contributed by atoms with Gasteiger partial charge in [0, 0.05) is 12.2 Å². The van der Waals surface area contributed by atoms with Crippen molar-refractivity contribution in [3.63, 3.8) is 0 Å². The van der Waals surface area contributed by atoms with Crippen LogP contribution in [0.5, 0.6) is 0 Å². The Kier molecular flexibility index (Phi) is 4.07. The number of carbonyl (C=O) groups excluding carboxylic acids is 1. The lowest BCUT2D eigenvalue weighted by atomic mass is 9.89. The molecule has 1 amide bonds. The standard InChI is InChI=1S/C17H24N6O2/c1-12-14(9-19-23(12)13-5-2-3-6-13)16(24)22-8-4-7-17(25,11-22)15-10-18-21-20-15/h9-10,13,25H,2-8,11H2,1H3,(H,18,20,21)/t17-/m1/s1. The molecule has 3 heterocycles. The van der Waals surface area contributed by atoms with Crippen LogP contribution in [0.4, 0.5) is 0 Å². The lowest BCUT2D eigenvalue weighted by Gasteiger charge is -2.37. The maximum absolute atomic E-state index is 13.0. The molecule has 1 aliphatic carbocycles. The van der Waals surface area contributed by atoms with Crippen LogP contribution >= 0.6 is 0 Å². The number of aromatic amines is 1. The molecule has 2 fully saturated rings. The molecule has 0 bridgehead atoms. The lowest BCUT2D eigenvalue weighted by Crippen LogP contribution is -2.48. The van der Waals surface area contributed by atoms with E-state index < -0.39 is 5.60 Å². The molecular weight excluding hydrogens is 320 g/mol. The van der Waals surface area contributed by atoms with Crippen molar-refractivity contribution in [3.05, 3.63) is 29.3 Å². The van der Waals surface area contributed by atoms with Crippen LogP contribution in [0.25, 0.3) is 0 Å². The Bertz CT molecular complexity index is 749. The van der Waals surface area contributed by atoms with Crippen molar-refractivity contribution in [2.45, 2.75) is 57.1 Å². The summed E-state index contributed by atoms with van der Waals surface area (Å²) in [7, 11) is 0. The topological polar surface area (TPSA) is 99.9 Å². The number of rotatable bonds is 3. The van der Waals surface area contributed by atoms with Gasteiger partial charge in [-0.25, -0.2) is 0 Å². The molecule has 2 aromatic rings. The van der Waals surface area contributed by atoms with Gasteiger partial charge in [-0.3, -0.25) is 9.48 Å². The molecule has 0 unspecified atom stereocenters. The van der Waals surface area contributed by atoms with Gasteiger partial charge in [0.2, 0.25) is 0 Å². The van der Waals surface area contributed by atoms with E-state index in [0.717, 1.165) is 25.0 Å². The van der Waals surface area contributed by atoms with Crippen molar-refractivity contribution in [1.29, 1.82) is 0 Å². The highest BCUT2D eigenvalue weighted by Crippen LogP contribution is 2.33. The third-order valence-electron chi connectivity index (χ3n) is 5.60. The van der Waals surface area contributed by atoms with Gasteiger partial charge in [-0.2, -0.15) is 20.5 Å². The predicted molar refractivity (Wildman–Crippen MR) is 89.9 cm³/mol. The van der Waals surface area contributed by atoms with E-state index in [0.29, 0.717) is 30.3 Å². The molecule has 8 heteroatoms. The second kappa shape index (κ2) is 6.25. The maximum Gasteiger partial charge on any atom is 0.257 e. The normalized spacial score (nSPS) is 24.8. The number of hydrogen-bond donors (Lipinski definition) is 2. The summed E-state index contributed by atoms with van der Waals surface area (Å²) in [4.78, 5) is 14.7. The molecule has 1 aliphatic heterocycles. The second-order valence-electron chi connectivity index (χ2n) is 7.24. The highest BCUT2D eigenvalue weighted by atomic mass is 16.3. The fourth-order valence-corrected chi connectivity index (χ4v) is 4.17. The van der Waals surface area contributed by atoms with E-state index in [2.05, 4.69) is 20.5 Å². The van der Waals surface area contributed by atoms with Crippen molar-refractivity contribution in [1.82, 2.24) is 30.1 Å². The Morgan fingerprint density at radius 2 is 2.12 bits per heavy atom. The first kappa shape index (κ1) is 16.3. The van der Waals surface area contributed by atoms with Crippen LogP contribution in [-0.2, 0) is 5.60 Å². The summed E-state index contributed by atoms with van der Waals surface area (Å²) in [5, 5.41) is 25.7. The molecule has 4 rings (SSSR count). The summed E-state index contributed by atoms with van der Waals surface area (Å²) in [6.45, 7) is 2.83. The number of amides is 1. The highest BCUT2D eigenvalue weighted by Gasteiger charge is 2.39. The van der Waals surface area contributed by atoms with Crippen LogP contribution in [0, 0.1) is 6.92 Å². The third-order valence-corrected chi connectivity index (χ3v) is 5.60. The quantitative estimate of drug-likeness (QED) is 0.880.